The lowest BCUT2D eigenvalue weighted by Crippen LogP contribution is -2.01. The SMILES string of the molecule is CCCCOCCCC(O)c1ccccc1. The molecule has 0 saturated heterocycles. The number of aliphatic hydroxyl groups is 1. The third-order valence-corrected chi connectivity index (χ3v) is 2.59. The highest BCUT2D eigenvalue weighted by Gasteiger charge is 2.05. The van der Waals surface area contributed by atoms with Crippen molar-refractivity contribution in [2.45, 2.75) is 38.7 Å². The molecule has 16 heavy (non-hydrogen) atoms. The van der Waals surface area contributed by atoms with Gasteiger partial charge in [-0.3, -0.25) is 0 Å². The zero-order chi connectivity index (χ0) is 11.6. The van der Waals surface area contributed by atoms with Gasteiger partial charge in [-0.25, -0.2) is 0 Å². The molecule has 0 aliphatic carbocycles. The fraction of sp³-hybridized carbons (Fsp3) is 0.571. The van der Waals surface area contributed by atoms with Gasteiger partial charge in [0, 0.05) is 13.2 Å². The van der Waals surface area contributed by atoms with Gasteiger partial charge in [0.1, 0.15) is 0 Å². The Balaban J connectivity index is 2.09. The van der Waals surface area contributed by atoms with E-state index >= 15 is 0 Å². The second-order valence-electron chi connectivity index (χ2n) is 4.03. The van der Waals surface area contributed by atoms with Crippen LogP contribution in [0.2, 0.25) is 0 Å². The van der Waals surface area contributed by atoms with Gasteiger partial charge in [-0.05, 0) is 24.8 Å². The van der Waals surface area contributed by atoms with E-state index in [1.54, 1.807) is 0 Å². The molecule has 2 heteroatoms. The summed E-state index contributed by atoms with van der Waals surface area (Å²) in [5, 5.41) is 9.87. The number of hydrogen-bond donors (Lipinski definition) is 1. The number of unbranched alkanes of at least 4 members (excludes halogenated alkanes) is 1. The summed E-state index contributed by atoms with van der Waals surface area (Å²) in [5.74, 6) is 0. The van der Waals surface area contributed by atoms with Gasteiger partial charge >= 0.3 is 0 Å². The van der Waals surface area contributed by atoms with Crippen LogP contribution in [-0.2, 0) is 4.74 Å². The maximum Gasteiger partial charge on any atom is 0.0790 e. The third kappa shape index (κ3) is 5.29. The minimum absolute atomic E-state index is 0.351. The molecule has 0 bridgehead atoms. The van der Waals surface area contributed by atoms with Crippen LogP contribution < -0.4 is 0 Å². The molecular formula is C14H22O2. The van der Waals surface area contributed by atoms with Gasteiger partial charge in [0.05, 0.1) is 6.10 Å². The summed E-state index contributed by atoms with van der Waals surface area (Å²) in [6, 6.07) is 9.79. The Morgan fingerprint density at radius 1 is 1.12 bits per heavy atom. The monoisotopic (exact) mass is 222 g/mol. The summed E-state index contributed by atoms with van der Waals surface area (Å²) < 4.78 is 5.45. The van der Waals surface area contributed by atoms with Crippen molar-refractivity contribution >= 4 is 0 Å². The first-order valence-corrected chi connectivity index (χ1v) is 6.15. The first kappa shape index (κ1) is 13.2. The smallest absolute Gasteiger partial charge is 0.0790 e. The van der Waals surface area contributed by atoms with Crippen LogP contribution in [0.3, 0.4) is 0 Å². The van der Waals surface area contributed by atoms with Crippen molar-refractivity contribution < 1.29 is 9.84 Å². The predicted molar refractivity (Wildman–Crippen MR) is 66.4 cm³/mol. The quantitative estimate of drug-likeness (QED) is 0.684. The van der Waals surface area contributed by atoms with E-state index < -0.39 is 0 Å². The van der Waals surface area contributed by atoms with Crippen LogP contribution in [0.1, 0.15) is 44.3 Å². The Morgan fingerprint density at radius 2 is 1.81 bits per heavy atom. The minimum Gasteiger partial charge on any atom is -0.388 e. The topological polar surface area (TPSA) is 29.5 Å². The molecule has 1 N–H and O–H groups in total. The molecular weight excluding hydrogens is 200 g/mol. The van der Waals surface area contributed by atoms with Crippen LogP contribution in [0.5, 0.6) is 0 Å². The Hall–Kier alpha value is -0.860. The average Bonchev–Trinajstić information content (AvgIpc) is 2.34. The fourth-order valence-corrected chi connectivity index (χ4v) is 1.57. The van der Waals surface area contributed by atoms with Crippen LogP contribution in [0.25, 0.3) is 0 Å². The summed E-state index contributed by atoms with van der Waals surface area (Å²) in [7, 11) is 0. The van der Waals surface area contributed by atoms with Crippen molar-refractivity contribution in [2.24, 2.45) is 0 Å². The van der Waals surface area contributed by atoms with Gasteiger partial charge in [-0.1, -0.05) is 43.7 Å². The van der Waals surface area contributed by atoms with Gasteiger partial charge in [0.2, 0.25) is 0 Å². The predicted octanol–water partition coefficient (Wildman–Crippen LogP) is 3.32. The lowest BCUT2D eigenvalue weighted by atomic mass is 10.1. The molecule has 1 unspecified atom stereocenters. The van der Waals surface area contributed by atoms with Crippen molar-refractivity contribution in [3.05, 3.63) is 35.9 Å². The van der Waals surface area contributed by atoms with Crippen molar-refractivity contribution in [2.75, 3.05) is 13.2 Å². The highest BCUT2D eigenvalue weighted by molar-refractivity contribution is 5.16. The number of aliphatic hydroxyl groups excluding tert-OH is 1. The second kappa shape index (κ2) is 8.31. The minimum atomic E-state index is -0.351. The maximum absolute atomic E-state index is 9.87. The molecule has 0 amide bonds. The molecule has 0 aliphatic heterocycles. The van der Waals surface area contributed by atoms with Crippen molar-refractivity contribution in [3.8, 4) is 0 Å². The zero-order valence-electron chi connectivity index (χ0n) is 10.1. The van der Waals surface area contributed by atoms with Crippen LogP contribution in [0.4, 0.5) is 0 Å². The Bertz CT molecular complexity index is 259. The number of hydrogen-bond acceptors (Lipinski definition) is 2. The molecule has 0 spiro atoms. The fourth-order valence-electron chi connectivity index (χ4n) is 1.57. The van der Waals surface area contributed by atoms with Crippen LogP contribution >= 0.6 is 0 Å². The molecule has 0 aromatic heterocycles. The zero-order valence-corrected chi connectivity index (χ0v) is 10.1. The van der Waals surface area contributed by atoms with Gasteiger partial charge < -0.3 is 9.84 Å². The molecule has 0 aliphatic rings. The Kier molecular flexibility index (Phi) is 6.86. The Labute approximate surface area is 98.3 Å². The summed E-state index contributed by atoms with van der Waals surface area (Å²) in [4.78, 5) is 0. The van der Waals surface area contributed by atoms with Gasteiger partial charge in [0.15, 0.2) is 0 Å². The van der Waals surface area contributed by atoms with Crippen molar-refractivity contribution in [1.29, 1.82) is 0 Å². The molecule has 0 fully saturated rings. The molecule has 1 rings (SSSR count). The number of rotatable bonds is 8. The van der Waals surface area contributed by atoms with E-state index in [1.165, 1.54) is 6.42 Å². The second-order valence-corrected chi connectivity index (χ2v) is 4.03. The molecule has 0 heterocycles. The van der Waals surface area contributed by atoms with Crippen LogP contribution in [-0.4, -0.2) is 18.3 Å². The average molecular weight is 222 g/mol. The lowest BCUT2D eigenvalue weighted by molar-refractivity contribution is 0.105. The van der Waals surface area contributed by atoms with E-state index in [2.05, 4.69) is 6.92 Å². The standard InChI is InChI=1S/C14H22O2/c1-2-3-11-16-12-7-10-14(15)13-8-5-4-6-9-13/h4-6,8-9,14-15H,2-3,7,10-12H2,1H3. The van der Waals surface area contributed by atoms with Crippen molar-refractivity contribution in [1.82, 2.24) is 0 Å². The highest BCUT2D eigenvalue weighted by atomic mass is 16.5. The summed E-state index contributed by atoms with van der Waals surface area (Å²) in [6.07, 6.45) is 3.64. The molecule has 0 radical (unpaired) electrons. The lowest BCUT2D eigenvalue weighted by Gasteiger charge is -2.10. The molecule has 1 atom stereocenters. The van der Waals surface area contributed by atoms with E-state index in [9.17, 15) is 5.11 Å². The normalized spacial score (nSPS) is 12.6. The summed E-state index contributed by atoms with van der Waals surface area (Å²) >= 11 is 0. The maximum atomic E-state index is 9.87. The molecule has 1 aromatic rings. The Morgan fingerprint density at radius 3 is 2.50 bits per heavy atom. The van der Waals surface area contributed by atoms with Crippen LogP contribution in [0.15, 0.2) is 30.3 Å². The van der Waals surface area contributed by atoms with E-state index in [4.69, 9.17) is 4.74 Å². The first-order chi connectivity index (χ1) is 7.84. The van der Waals surface area contributed by atoms with Gasteiger partial charge in [-0.2, -0.15) is 0 Å². The number of benzene rings is 1. The van der Waals surface area contributed by atoms with Gasteiger partial charge in [0.25, 0.3) is 0 Å². The number of ether oxygens (including phenoxy) is 1. The first-order valence-electron chi connectivity index (χ1n) is 6.15. The van der Waals surface area contributed by atoms with E-state index in [0.717, 1.165) is 38.0 Å². The molecule has 0 saturated carbocycles. The third-order valence-electron chi connectivity index (χ3n) is 2.59. The van der Waals surface area contributed by atoms with Crippen LogP contribution in [0, 0.1) is 0 Å². The van der Waals surface area contributed by atoms with E-state index in [0.29, 0.717) is 0 Å². The molecule has 1 aromatic carbocycles. The highest BCUT2D eigenvalue weighted by Crippen LogP contribution is 2.17. The van der Waals surface area contributed by atoms with E-state index in [-0.39, 0.29) is 6.10 Å². The molecule has 2 nitrogen and oxygen atoms in total. The largest absolute Gasteiger partial charge is 0.388 e. The molecule has 90 valence electrons. The summed E-state index contributed by atoms with van der Waals surface area (Å²) in [5.41, 5.74) is 0.996. The summed E-state index contributed by atoms with van der Waals surface area (Å²) in [6.45, 7) is 3.75. The van der Waals surface area contributed by atoms with Gasteiger partial charge in [-0.15, -0.1) is 0 Å². The van der Waals surface area contributed by atoms with E-state index in [1.807, 2.05) is 30.3 Å². The van der Waals surface area contributed by atoms with Crippen molar-refractivity contribution in [3.63, 3.8) is 0 Å².